The monoisotopic (exact) mass is 240 g/mol. The minimum Gasteiger partial charge on any atom is -0.380 e. The van der Waals surface area contributed by atoms with Gasteiger partial charge in [-0.25, -0.2) is 0 Å². The van der Waals surface area contributed by atoms with E-state index in [2.05, 4.69) is 4.98 Å². The van der Waals surface area contributed by atoms with Gasteiger partial charge in [-0.15, -0.1) is 0 Å². The van der Waals surface area contributed by atoms with E-state index >= 15 is 0 Å². The van der Waals surface area contributed by atoms with E-state index in [1.807, 2.05) is 37.3 Å². The summed E-state index contributed by atoms with van der Waals surface area (Å²) < 4.78 is 0. The van der Waals surface area contributed by atoms with Gasteiger partial charge < -0.3 is 10.8 Å². The molecule has 0 amide bonds. The Kier molecular flexibility index (Phi) is 2.47. The van der Waals surface area contributed by atoms with Crippen LogP contribution >= 0.6 is 0 Å². The minimum atomic E-state index is -1.01. The SMILES string of the molecule is Cc1ccncc1C1(O)CC(N)c2ccccc21. The number of hydrogen-bond acceptors (Lipinski definition) is 3. The summed E-state index contributed by atoms with van der Waals surface area (Å²) in [5.41, 5.74) is 8.96. The van der Waals surface area contributed by atoms with Gasteiger partial charge in [0.25, 0.3) is 0 Å². The van der Waals surface area contributed by atoms with Gasteiger partial charge in [0.05, 0.1) is 0 Å². The predicted molar refractivity (Wildman–Crippen MR) is 70.0 cm³/mol. The maximum absolute atomic E-state index is 11.0. The molecule has 0 saturated carbocycles. The molecule has 3 rings (SSSR count). The summed E-state index contributed by atoms with van der Waals surface area (Å²) in [4.78, 5) is 4.13. The summed E-state index contributed by atoms with van der Waals surface area (Å²) in [7, 11) is 0. The first-order chi connectivity index (χ1) is 8.63. The second-order valence-corrected chi connectivity index (χ2v) is 4.95. The van der Waals surface area contributed by atoms with Crippen molar-refractivity contribution >= 4 is 0 Å². The van der Waals surface area contributed by atoms with Crippen LogP contribution in [0.5, 0.6) is 0 Å². The fourth-order valence-electron chi connectivity index (χ4n) is 2.89. The van der Waals surface area contributed by atoms with Crippen LogP contribution in [-0.4, -0.2) is 10.1 Å². The molecule has 92 valence electrons. The van der Waals surface area contributed by atoms with E-state index in [0.29, 0.717) is 6.42 Å². The number of rotatable bonds is 1. The van der Waals surface area contributed by atoms with Crippen LogP contribution in [0.4, 0.5) is 0 Å². The second kappa shape index (κ2) is 3.90. The van der Waals surface area contributed by atoms with Gasteiger partial charge in [-0.2, -0.15) is 0 Å². The van der Waals surface area contributed by atoms with Gasteiger partial charge >= 0.3 is 0 Å². The minimum absolute atomic E-state index is 0.120. The Morgan fingerprint density at radius 2 is 2.06 bits per heavy atom. The van der Waals surface area contributed by atoms with E-state index in [0.717, 1.165) is 22.3 Å². The van der Waals surface area contributed by atoms with Crippen LogP contribution in [0, 0.1) is 6.92 Å². The third kappa shape index (κ3) is 1.48. The molecule has 0 radical (unpaired) electrons. The average molecular weight is 240 g/mol. The van der Waals surface area contributed by atoms with E-state index in [9.17, 15) is 5.11 Å². The van der Waals surface area contributed by atoms with Crippen LogP contribution in [0.3, 0.4) is 0 Å². The quantitative estimate of drug-likeness (QED) is 0.801. The van der Waals surface area contributed by atoms with Crippen molar-refractivity contribution in [3.63, 3.8) is 0 Å². The largest absolute Gasteiger partial charge is 0.380 e. The molecule has 18 heavy (non-hydrogen) atoms. The number of benzene rings is 1. The van der Waals surface area contributed by atoms with E-state index in [4.69, 9.17) is 5.73 Å². The van der Waals surface area contributed by atoms with Gasteiger partial charge in [0.2, 0.25) is 0 Å². The second-order valence-electron chi connectivity index (χ2n) is 4.95. The van der Waals surface area contributed by atoms with Crippen LogP contribution in [0.1, 0.15) is 34.7 Å². The molecule has 1 aliphatic rings. The maximum atomic E-state index is 11.0. The first-order valence-corrected chi connectivity index (χ1v) is 6.11. The molecular weight excluding hydrogens is 224 g/mol. The number of aryl methyl sites for hydroxylation is 1. The molecule has 0 bridgehead atoms. The third-order valence-electron chi connectivity index (χ3n) is 3.81. The van der Waals surface area contributed by atoms with Crippen LogP contribution in [-0.2, 0) is 5.60 Å². The number of aliphatic hydroxyl groups is 1. The van der Waals surface area contributed by atoms with Crippen molar-refractivity contribution in [3.05, 3.63) is 65.0 Å². The molecule has 2 aromatic rings. The highest BCUT2D eigenvalue weighted by Gasteiger charge is 2.43. The fourth-order valence-corrected chi connectivity index (χ4v) is 2.89. The molecule has 3 N–H and O–H groups in total. The number of hydrogen-bond donors (Lipinski definition) is 2. The highest BCUT2D eigenvalue weighted by molar-refractivity contribution is 5.48. The Morgan fingerprint density at radius 3 is 2.83 bits per heavy atom. The average Bonchev–Trinajstić information content (AvgIpc) is 2.64. The van der Waals surface area contributed by atoms with Gasteiger partial charge in [0, 0.05) is 30.4 Å². The molecule has 0 aliphatic heterocycles. The lowest BCUT2D eigenvalue weighted by Crippen LogP contribution is -2.26. The van der Waals surface area contributed by atoms with Crippen LogP contribution in [0.25, 0.3) is 0 Å². The zero-order valence-corrected chi connectivity index (χ0v) is 10.3. The van der Waals surface area contributed by atoms with Crippen molar-refractivity contribution in [1.29, 1.82) is 0 Å². The van der Waals surface area contributed by atoms with Gasteiger partial charge in [-0.05, 0) is 29.7 Å². The molecular formula is C15H16N2O. The van der Waals surface area contributed by atoms with Crippen molar-refractivity contribution in [1.82, 2.24) is 4.98 Å². The van der Waals surface area contributed by atoms with Crippen LogP contribution in [0.2, 0.25) is 0 Å². The zero-order valence-electron chi connectivity index (χ0n) is 10.3. The summed E-state index contributed by atoms with van der Waals surface area (Å²) in [6, 6.07) is 9.64. The first-order valence-electron chi connectivity index (χ1n) is 6.11. The molecule has 1 aromatic heterocycles. The Balaban J connectivity index is 2.21. The molecule has 3 heteroatoms. The topological polar surface area (TPSA) is 59.1 Å². The molecule has 2 atom stereocenters. The number of nitrogens with zero attached hydrogens (tertiary/aromatic N) is 1. The van der Waals surface area contributed by atoms with Crippen molar-refractivity contribution in [3.8, 4) is 0 Å². The normalized spacial score (nSPS) is 26.1. The fraction of sp³-hybridized carbons (Fsp3) is 0.267. The molecule has 0 saturated heterocycles. The number of aromatic nitrogens is 1. The summed E-state index contributed by atoms with van der Waals surface area (Å²) in [6.45, 7) is 1.99. The van der Waals surface area contributed by atoms with Gasteiger partial charge in [-0.3, -0.25) is 4.98 Å². The number of pyridine rings is 1. The van der Waals surface area contributed by atoms with Gasteiger partial charge in [-0.1, -0.05) is 24.3 Å². The van der Waals surface area contributed by atoms with E-state index in [1.54, 1.807) is 12.4 Å². The molecule has 2 unspecified atom stereocenters. The maximum Gasteiger partial charge on any atom is 0.118 e. The van der Waals surface area contributed by atoms with Crippen molar-refractivity contribution in [2.24, 2.45) is 5.73 Å². The smallest absolute Gasteiger partial charge is 0.118 e. The summed E-state index contributed by atoms with van der Waals surface area (Å²) in [6.07, 6.45) is 3.99. The molecule has 1 aromatic carbocycles. The Hall–Kier alpha value is -1.71. The van der Waals surface area contributed by atoms with Crippen molar-refractivity contribution in [2.45, 2.75) is 25.0 Å². The Morgan fingerprint density at radius 1 is 1.28 bits per heavy atom. The number of fused-ring (bicyclic) bond motifs is 1. The lowest BCUT2D eigenvalue weighted by molar-refractivity contribution is 0.0766. The van der Waals surface area contributed by atoms with Crippen molar-refractivity contribution in [2.75, 3.05) is 0 Å². The van der Waals surface area contributed by atoms with Crippen molar-refractivity contribution < 1.29 is 5.11 Å². The van der Waals surface area contributed by atoms with E-state index < -0.39 is 5.60 Å². The molecule has 0 spiro atoms. The van der Waals surface area contributed by atoms with Crippen LogP contribution < -0.4 is 5.73 Å². The third-order valence-corrected chi connectivity index (χ3v) is 3.81. The molecule has 0 fully saturated rings. The Labute approximate surface area is 106 Å². The van der Waals surface area contributed by atoms with Gasteiger partial charge in [0.15, 0.2) is 0 Å². The Bertz CT molecular complexity index is 597. The molecule has 1 aliphatic carbocycles. The highest BCUT2D eigenvalue weighted by Crippen LogP contribution is 2.46. The first kappa shape index (κ1) is 11.4. The standard InChI is InChI=1S/C15H16N2O/c1-10-6-7-17-9-13(10)15(18)8-14(16)11-4-2-3-5-12(11)15/h2-7,9,14,18H,8,16H2,1H3. The predicted octanol–water partition coefficient (Wildman–Crippen LogP) is 2.03. The van der Waals surface area contributed by atoms with E-state index in [-0.39, 0.29) is 6.04 Å². The molecule has 1 heterocycles. The summed E-state index contributed by atoms with van der Waals surface area (Å²) >= 11 is 0. The summed E-state index contributed by atoms with van der Waals surface area (Å²) in [5.74, 6) is 0. The lowest BCUT2D eigenvalue weighted by Gasteiger charge is -2.26. The molecule has 3 nitrogen and oxygen atoms in total. The van der Waals surface area contributed by atoms with Crippen LogP contribution in [0.15, 0.2) is 42.7 Å². The van der Waals surface area contributed by atoms with Gasteiger partial charge in [0.1, 0.15) is 5.60 Å². The highest BCUT2D eigenvalue weighted by atomic mass is 16.3. The number of nitrogens with two attached hydrogens (primary N) is 1. The zero-order chi connectivity index (χ0) is 12.8. The lowest BCUT2D eigenvalue weighted by atomic mass is 9.86. The van der Waals surface area contributed by atoms with E-state index in [1.165, 1.54) is 0 Å². The summed E-state index contributed by atoms with van der Waals surface area (Å²) in [5, 5.41) is 11.0.